The van der Waals surface area contributed by atoms with Crippen LogP contribution in [-0.4, -0.2) is 25.2 Å². The van der Waals surface area contributed by atoms with E-state index in [4.69, 9.17) is 9.47 Å². The van der Waals surface area contributed by atoms with Crippen molar-refractivity contribution in [2.45, 2.75) is 6.54 Å². The second kappa shape index (κ2) is 4.22. The molecular formula is C13H14N2O2. The number of methoxy groups -OCH3 is 1. The summed E-state index contributed by atoms with van der Waals surface area (Å²) in [6.07, 6.45) is 0. The molecule has 1 N–H and O–H groups in total. The van der Waals surface area contributed by atoms with E-state index in [1.54, 1.807) is 7.11 Å². The number of pyridine rings is 1. The Hall–Kier alpha value is -1.81. The Bertz CT molecular complexity index is 554. The van der Waals surface area contributed by atoms with Crippen molar-refractivity contribution in [1.29, 1.82) is 0 Å². The van der Waals surface area contributed by atoms with Crippen LogP contribution in [0.15, 0.2) is 24.3 Å². The van der Waals surface area contributed by atoms with Gasteiger partial charge in [0.25, 0.3) is 0 Å². The minimum atomic E-state index is 0.662. The molecule has 4 nitrogen and oxygen atoms in total. The van der Waals surface area contributed by atoms with Crippen LogP contribution in [0.1, 0.15) is 5.56 Å². The molecule has 0 unspecified atom stereocenters. The van der Waals surface area contributed by atoms with Gasteiger partial charge in [0.2, 0.25) is 5.88 Å². The largest absolute Gasteiger partial charge is 0.497 e. The molecule has 0 fully saturated rings. The van der Waals surface area contributed by atoms with Crippen molar-refractivity contribution in [2.75, 3.05) is 20.3 Å². The van der Waals surface area contributed by atoms with E-state index in [0.29, 0.717) is 6.61 Å². The summed E-state index contributed by atoms with van der Waals surface area (Å²) in [5, 5.41) is 4.41. The maximum absolute atomic E-state index is 5.62. The third-order valence-corrected chi connectivity index (χ3v) is 2.90. The lowest BCUT2D eigenvalue weighted by Gasteiger charge is -2.08. The first kappa shape index (κ1) is 10.4. The molecule has 0 radical (unpaired) electrons. The van der Waals surface area contributed by atoms with E-state index in [1.165, 1.54) is 0 Å². The number of rotatable bonds is 1. The lowest BCUT2D eigenvalue weighted by molar-refractivity contribution is 0.315. The lowest BCUT2D eigenvalue weighted by atomic mass is 10.1. The SMILES string of the molecule is COc1ccc2cc3c(nc2c1)OCCNC3. The number of nitrogens with one attached hydrogen (secondary N) is 1. The molecule has 17 heavy (non-hydrogen) atoms. The number of benzene rings is 1. The predicted molar refractivity (Wildman–Crippen MR) is 65.5 cm³/mol. The van der Waals surface area contributed by atoms with Crippen molar-refractivity contribution < 1.29 is 9.47 Å². The molecule has 0 aliphatic carbocycles. The van der Waals surface area contributed by atoms with Crippen molar-refractivity contribution in [1.82, 2.24) is 10.3 Å². The number of nitrogens with zero attached hydrogens (tertiary/aromatic N) is 1. The topological polar surface area (TPSA) is 43.4 Å². The summed E-state index contributed by atoms with van der Waals surface area (Å²) >= 11 is 0. The van der Waals surface area contributed by atoms with E-state index in [-0.39, 0.29) is 0 Å². The summed E-state index contributed by atoms with van der Waals surface area (Å²) < 4.78 is 10.8. The van der Waals surface area contributed by atoms with Gasteiger partial charge in [-0.2, -0.15) is 0 Å². The Balaban J connectivity index is 2.15. The summed E-state index contributed by atoms with van der Waals surface area (Å²) in [5.74, 6) is 1.55. The summed E-state index contributed by atoms with van der Waals surface area (Å²) in [7, 11) is 1.66. The molecule has 1 aliphatic heterocycles. The van der Waals surface area contributed by atoms with Crippen LogP contribution in [0.4, 0.5) is 0 Å². The third-order valence-electron chi connectivity index (χ3n) is 2.90. The van der Waals surface area contributed by atoms with Crippen molar-refractivity contribution in [3.63, 3.8) is 0 Å². The number of fused-ring (bicyclic) bond motifs is 2. The highest BCUT2D eigenvalue weighted by Crippen LogP contribution is 2.26. The molecule has 1 aliphatic rings. The molecule has 0 atom stereocenters. The Kier molecular flexibility index (Phi) is 2.57. The standard InChI is InChI=1S/C13H14N2O2/c1-16-11-3-2-9-6-10-8-14-4-5-17-13(10)15-12(9)7-11/h2-3,6-7,14H,4-5,8H2,1H3. The van der Waals surface area contributed by atoms with E-state index < -0.39 is 0 Å². The smallest absolute Gasteiger partial charge is 0.218 e. The van der Waals surface area contributed by atoms with Crippen molar-refractivity contribution in [2.24, 2.45) is 0 Å². The quantitative estimate of drug-likeness (QED) is 0.810. The first-order valence-corrected chi connectivity index (χ1v) is 5.68. The first-order chi connectivity index (χ1) is 8.36. The van der Waals surface area contributed by atoms with Crippen molar-refractivity contribution >= 4 is 10.9 Å². The zero-order chi connectivity index (χ0) is 11.7. The maximum Gasteiger partial charge on any atom is 0.218 e. The summed E-state index contributed by atoms with van der Waals surface area (Å²) in [4.78, 5) is 4.54. The van der Waals surface area contributed by atoms with Gasteiger partial charge in [-0.05, 0) is 18.2 Å². The van der Waals surface area contributed by atoms with Gasteiger partial charge >= 0.3 is 0 Å². The average Bonchev–Trinajstić information content (AvgIpc) is 2.60. The Morgan fingerprint density at radius 3 is 3.18 bits per heavy atom. The minimum absolute atomic E-state index is 0.662. The van der Waals surface area contributed by atoms with Gasteiger partial charge in [-0.1, -0.05) is 0 Å². The van der Waals surface area contributed by atoms with Gasteiger partial charge in [-0.3, -0.25) is 0 Å². The fraction of sp³-hybridized carbons (Fsp3) is 0.308. The van der Waals surface area contributed by atoms with Crippen LogP contribution < -0.4 is 14.8 Å². The van der Waals surface area contributed by atoms with Crippen LogP contribution >= 0.6 is 0 Å². The molecule has 4 heteroatoms. The van der Waals surface area contributed by atoms with Crippen LogP contribution in [0, 0.1) is 0 Å². The van der Waals surface area contributed by atoms with E-state index in [0.717, 1.165) is 41.2 Å². The van der Waals surface area contributed by atoms with Crippen molar-refractivity contribution in [3.8, 4) is 11.6 Å². The normalized spacial score (nSPS) is 14.9. The molecule has 1 aromatic carbocycles. The van der Waals surface area contributed by atoms with Crippen LogP contribution in [0.3, 0.4) is 0 Å². The van der Waals surface area contributed by atoms with Gasteiger partial charge < -0.3 is 14.8 Å². The molecule has 0 saturated heterocycles. The molecule has 0 bridgehead atoms. The van der Waals surface area contributed by atoms with E-state index in [9.17, 15) is 0 Å². The minimum Gasteiger partial charge on any atom is -0.497 e. The van der Waals surface area contributed by atoms with Gasteiger partial charge in [0.15, 0.2) is 0 Å². The number of hydrogen-bond acceptors (Lipinski definition) is 4. The Morgan fingerprint density at radius 2 is 2.29 bits per heavy atom. The molecule has 3 rings (SSSR count). The van der Waals surface area contributed by atoms with Gasteiger partial charge in [-0.15, -0.1) is 0 Å². The lowest BCUT2D eigenvalue weighted by Crippen LogP contribution is -2.16. The van der Waals surface area contributed by atoms with Gasteiger partial charge in [0.05, 0.1) is 12.6 Å². The van der Waals surface area contributed by atoms with Crippen LogP contribution in [0.25, 0.3) is 10.9 Å². The highest BCUT2D eigenvalue weighted by Gasteiger charge is 2.11. The molecule has 0 spiro atoms. The van der Waals surface area contributed by atoms with E-state index in [1.807, 2.05) is 18.2 Å². The molecule has 0 amide bonds. The van der Waals surface area contributed by atoms with Crippen LogP contribution in [0.5, 0.6) is 11.6 Å². The van der Waals surface area contributed by atoms with E-state index >= 15 is 0 Å². The maximum atomic E-state index is 5.62. The molecule has 2 heterocycles. The Morgan fingerprint density at radius 1 is 1.35 bits per heavy atom. The Labute approximate surface area is 99.6 Å². The second-order valence-corrected chi connectivity index (χ2v) is 4.04. The number of aromatic nitrogens is 1. The fourth-order valence-corrected chi connectivity index (χ4v) is 1.99. The number of hydrogen-bond donors (Lipinski definition) is 1. The summed E-state index contributed by atoms with van der Waals surface area (Å²) in [5.41, 5.74) is 2.02. The van der Waals surface area contributed by atoms with Gasteiger partial charge in [0, 0.05) is 30.1 Å². The van der Waals surface area contributed by atoms with Gasteiger partial charge in [-0.25, -0.2) is 4.98 Å². The first-order valence-electron chi connectivity index (χ1n) is 5.68. The monoisotopic (exact) mass is 230 g/mol. The highest BCUT2D eigenvalue weighted by molar-refractivity contribution is 5.81. The second-order valence-electron chi connectivity index (χ2n) is 4.04. The average molecular weight is 230 g/mol. The zero-order valence-electron chi connectivity index (χ0n) is 9.69. The molecule has 1 aromatic heterocycles. The fourth-order valence-electron chi connectivity index (χ4n) is 1.99. The van der Waals surface area contributed by atoms with Crippen LogP contribution in [-0.2, 0) is 6.54 Å². The molecule has 0 saturated carbocycles. The van der Waals surface area contributed by atoms with Crippen LogP contribution in [0.2, 0.25) is 0 Å². The zero-order valence-corrected chi connectivity index (χ0v) is 9.69. The summed E-state index contributed by atoms with van der Waals surface area (Å²) in [6.45, 7) is 2.33. The van der Waals surface area contributed by atoms with E-state index in [2.05, 4.69) is 16.4 Å². The van der Waals surface area contributed by atoms with Gasteiger partial charge in [0.1, 0.15) is 12.4 Å². The number of ether oxygens (including phenoxy) is 2. The third kappa shape index (κ3) is 1.91. The highest BCUT2D eigenvalue weighted by atomic mass is 16.5. The molecular weight excluding hydrogens is 216 g/mol. The molecule has 88 valence electrons. The molecule has 2 aromatic rings. The summed E-state index contributed by atoms with van der Waals surface area (Å²) in [6, 6.07) is 8.01. The van der Waals surface area contributed by atoms with Crippen molar-refractivity contribution in [3.05, 3.63) is 29.8 Å². The predicted octanol–water partition coefficient (Wildman–Crippen LogP) is 1.73.